The summed E-state index contributed by atoms with van der Waals surface area (Å²) in [7, 11) is 3.41. The van der Waals surface area contributed by atoms with E-state index in [9.17, 15) is 10.2 Å². The third kappa shape index (κ3) is 6.01. The quantitative estimate of drug-likeness (QED) is 0.641. The van der Waals surface area contributed by atoms with Gasteiger partial charge < -0.3 is 20.8 Å². The van der Waals surface area contributed by atoms with Crippen LogP contribution in [0.3, 0.4) is 0 Å². The van der Waals surface area contributed by atoms with Crippen LogP contribution in [0.15, 0.2) is 18.2 Å². The van der Waals surface area contributed by atoms with Gasteiger partial charge in [-0.1, -0.05) is 19.9 Å². The number of nitrogens with one attached hydrogen (secondary N) is 1. The highest BCUT2D eigenvalue weighted by Crippen LogP contribution is 2.25. The van der Waals surface area contributed by atoms with E-state index in [2.05, 4.69) is 20.9 Å². The van der Waals surface area contributed by atoms with Crippen molar-refractivity contribution in [1.29, 1.82) is 0 Å². The number of aromatic amines is 1. The zero-order chi connectivity index (χ0) is 17.1. The van der Waals surface area contributed by atoms with Crippen molar-refractivity contribution in [3.8, 4) is 11.5 Å². The Balaban J connectivity index is 0.00000102. The van der Waals surface area contributed by atoms with Crippen LogP contribution in [0, 0.1) is 6.92 Å². The highest BCUT2D eigenvalue weighted by Gasteiger charge is 2.07. The number of anilines is 1. The number of H-pyrrole nitrogens is 1. The van der Waals surface area contributed by atoms with Gasteiger partial charge in [-0.25, -0.2) is 0 Å². The molecule has 1 heterocycles. The van der Waals surface area contributed by atoms with Crippen LogP contribution < -0.4 is 10.6 Å². The zero-order valence-corrected chi connectivity index (χ0v) is 14.0. The highest BCUT2D eigenvalue weighted by atomic mass is 16.3. The lowest BCUT2D eigenvalue weighted by atomic mass is 10.1. The second-order valence-electron chi connectivity index (χ2n) is 4.22. The van der Waals surface area contributed by atoms with E-state index >= 15 is 0 Å². The van der Waals surface area contributed by atoms with Crippen molar-refractivity contribution < 1.29 is 10.2 Å². The number of phenols is 2. The van der Waals surface area contributed by atoms with E-state index in [-0.39, 0.29) is 11.5 Å². The molecule has 0 saturated carbocycles. The summed E-state index contributed by atoms with van der Waals surface area (Å²) in [6.07, 6.45) is 0.734. The van der Waals surface area contributed by atoms with Gasteiger partial charge in [-0.05, 0) is 38.1 Å². The lowest BCUT2D eigenvalue weighted by Crippen LogP contribution is -2.21. The molecule has 0 radical (unpaired) electrons. The molecule has 0 aliphatic carbocycles. The Morgan fingerprint density at radius 2 is 1.82 bits per heavy atom. The molecular formula is C15H27N5O2. The normalized spacial score (nSPS) is 9.18. The van der Waals surface area contributed by atoms with E-state index in [0.717, 1.165) is 24.4 Å². The van der Waals surface area contributed by atoms with E-state index in [1.807, 2.05) is 32.7 Å². The Kier molecular flexibility index (Phi) is 9.36. The second kappa shape index (κ2) is 10.4. The third-order valence-corrected chi connectivity index (χ3v) is 2.70. The molecule has 7 heteroatoms. The molecule has 1 aromatic carbocycles. The number of rotatable bonds is 4. The van der Waals surface area contributed by atoms with Crippen molar-refractivity contribution in [3.63, 3.8) is 0 Å². The van der Waals surface area contributed by atoms with Crippen LogP contribution >= 0.6 is 0 Å². The number of nitrogens with two attached hydrogens (primary N) is 1. The van der Waals surface area contributed by atoms with Crippen molar-refractivity contribution >= 4 is 5.95 Å². The highest BCUT2D eigenvalue weighted by molar-refractivity contribution is 5.41. The van der Waals surface area contributed by atoms with E-state index in [4.69, 9.17) is 0 Å². The molecule has 0 spiro atoms. The number of hydrogen-bond acceptors (Lipinski definition) is 6. The van der Waals surface area contributed by atoms with Gasteiger partial charge >= 0.3 is 0 Å². The molecule has 2 rings (SSSR count). The Morgan fingerprint density at radius 3 is 2.32 bits per heavy atom. The number of phenolic OH excluding ortho intramolecular Hbond substituents is 2. The van der Waals surface area contributed by atoms with Gasteiger partial charge in [0.2, 0.25) is 5.95 Å². The van der Waals surface area contributed by atoms with E-state index in [0.29, 0.717) is 5.95 Å². The SMILES string of the molecule is CC.CN.Cc1nc(N(C)CCc2ccc(O)c(O)c2)n[nH]1. The van der Waals surface area contributed by atoms with Gasteiger partial charge in [0.05, 0.1) is 0 Å². The molecule has 124 valence electrons. The molecule has 1 aromatic heterocycles. The molecular weight excluding hydrogens is 282 g/mol. The molecule has 0 aliphatic rings. The van der Waals surface area contributed by atoms with E-state index in [1.165, 1.54) is 13.1 Å². The number of likely N-dealkylation sites (N-methyl/N-ethyl adjacent to an activating group) is 1. The van der Waals surface area contributed by atoms with Crippen LogP contribution in [0.1, 0.15) is 25.2 Å². The number of aromatic hydroxyl groups is 2. The smallest absolute Gasteiger partial charge is 0.244 e. The number of aromatic nitrogens is 3. The van der Waals surface area contributed by atoms with Crippen LogP contribution in [0.25, 0.3) is 0 Å². The number of nitrogens with zero attached hydrogens (tertiary/aromatic N) is 3. The predicted molar refractivity (Wildman–Crippen MR) is 89.3 cm³/mol. The first-order valence-electron chi connectivity index (χ1n) is 7.25. The molecule has 0 aliphatic heterocycles. The fraction of sp³-hybridized carbons (Fsp3) is 0.467. The standard InChI is InChI=1S/C12H16N4O2.C2H6.CH5N/c1-8-13-12(15-14-8)16(2)6-5-9-3-4-10(17)11(18)7-9;2*1-2/h3-4,7,17-18H,5-6H2,1-2H3,(H,13,14,15);1-2H3;2H2,1H3. The third-order valence-electron chi connectivity index (χ3n) is 2.70. The Hall–Kier alpha value is -2.28. The minimum atomic E-state index is -0.100. The van der Waals surface area contributed by atoms with Gasteiger partial charge in [-0.15, -0.1) is 5.10 Å². The van der Waals surface area contributed by atoms with Crippen LogP contribution in [-0.2, 0) is 6.42 Å². The first kappa shape index (κ1) is 19.7. The summed E-state index contributed by atoms with van der Waals surface area (Å²) in [4.78, 5) is 6.15. The average molecular weight is 309 g/mol. The summed E-state index contributed by atoms with van der Waals surface area (Å²) in [6, 6.07) is 4.83. The molecule has 0 unspecified atom stereocenters. The molecule has 0 bridgehead atoms. The fourth-order valence-electron chi connectivity index (χ4n) is 1.62. The maximum absolute atomic E-state index is 9.39. The minimum Gasteiger partial charge on any atom is -0.504 e. The maximum atomic E-state index is 9.39. The van der Waals surface area contributed by atoms with Crippen molar-refractivity contribution in [2.45, 2.75) is 27.2 Å². The van der Waals surface area contributed by atoms with Crippen molar-refractivity contribution in [1.82, 2.24) is 15.2 Å². The fourth-order valence-corrected chi connectivity index (χ4v) is 1.62. The Morgan fingerprint density at radius 1 is 1.18 bits per heavy atom. The Labute approximate surface area is 131 Å². The summed E-state index contributed by atoms with van der Waals surface area (Å²) >= 11 is 0. The summed E-state index contributed by atoms with van der Waals surface area (Å²) in [5.74, 6) is 1.23. The van der Waals surface area contributed by atoms with Gasteiger partial charge in [0, 0.05) is 13.6 Å². The molecule has 0 atom stereocenters. The average Bonchev–Trinajstić information content (AvgIpc) is 2.99. The molecule has 5 N–H and O–H groups in total. The largest absolute Gasteiger partial charge is 0.504 e. The second-order valence-corrected chi connectivity index (χ2v) is 4.22. The Bertz CT molecular complexity index is 542. The lowest BCUT2D eigenvalue weighted by molar-refractivity contribution is 0.403. The summed E-state index contributed by atoms with van der Waals surface area (Å²) in [5.41, 5.74) is 5.45. The molecule has 7 nitrogen and oxygen atoms in total. The number of benzene rings is 1. The van der Waals surface area contributed by atoms with Gasteiger partial charge in [0.15, 0.2) is 11.5 Å². The first-order chi connectivity index (χ1) is 10.6. The summed E-state index contributed by atoms with van der Waals surface area (Å²) in [6.45, 7) is 6.57. The van der Waals surface area contributed by atoms with Crippen molar-refractivity contribution in [2.75, 3.05) is 25.5 Å². The van der Waals surface area contributed by atoms with E-state index in [1.54, 1.807) is 12.1 Å². The monoisotopic (exact) mass is 309 g/mol. The van der Waals surface area contributed by atoms with Gasteiger partial charge in [-0.3, -0.25) is 5.10 Å². The molecule has 22 heavy (non-hydrogen) atoms. The minimum absolute atomic E-state index is 0.0936. The number of hydrogen-bond donors (Lipinski definition) is 4. The van der Waals surface area contributed by atoms with Crippen LogP contribution in [0.5, 0.6) is 11.5 Å². The topological polar surface area (TPSA) is 111 Å². The molecule has 0 fully saturated rings. The summed E-state index contributed by atoms with van der Waals surface area (Å²) in [5, 5.41) is 25.5. The van der Waals surface area contributed by atoms with Crippen molar-refractivity contribution in [2.24, 2.45) is 5.73 Å². The predicted octanol–water partition coefficient (Wildman–Crippen LogP) is 1.80. The van der Waals surface area contributed by atoms with Crippen LogP contribution in [-0.4, -0.2) is 46.0 Å². The maximum Gasteiger partial charge on any atom is 0.244 e. The molecule has 0 amide bonds. The molecule has 0 saturated heterocycles. The number of aryl methyl sites for hydroxylation is 1. The van der Waals surface area contributed by atoms with E-state index < -0.39 is 0 Å². The lowest BCUT2D eigenvalue weighted by Gasteiger charge is -2.14. The van der Waals surface area contributed by atoms with Gasteiger partial charge in [0.25, 0.3) is 0 Å². The van der Waals surface area contributed by atoms with Crippen molar-refractivity contribution in [3.05, 3.63) is 29.6 Å². The van der Waals surface area contributed by atoms with Gasteiger partial charge in [-0.2, -0.15) is 4.98 Å². The molecule has 2 aromatic rings. The zero-order valence-electron chi connectivity index (χ0n) is 14.0. The van der Waals surface area contributed by atoms with Crippen LogP contribution in [0.4, 0.5) is 5.95 Å². The summed E-state index contributed by atoms with van der Waals surface area (Å²) < 4.78 is 0. The van der Waals surface area contributed by atoms with Crippen LogP contribution in [0.2, 0.25) is 0 Å². The first-order valence-corrected chi connectivity index (χ1v) is 7.25. The van der Waals surface area contributed by atoms with Gasteiger partial charge in [0.1, 0.15) is 5.82 Å².